The van der Waals surface area contributed by atoms with Crippen molar-refractivity contribution in [3.8, 4) is 5.75 Å². The average molecular weight is 399 g/mol. The predicted octanol–water partition coefficient (Wildman–Crippen LogP) is 3.43. The van der Waals surface area contributed by atoms with Crippen LogP contribution in [0.1, 0.15) is 27.2 Å². The lowest BCUT2D eigenvalue weighted by atomic mass is 10.2. The molecule has 2 amide bonds. The fraction of sp³-hybridized carbons (Fsp3) is 0.529. The van der Waals surface area contributed by atoms with Crippen molar-refractivity contribution in [3.05, 3.63) is 22.7 Å². The maximum absolute atomic E-state index is 12.1. The van der Waals surface area contributed by atoms with Crippen molar-refractivity contribution in [2.75, 3.05) is 31.6 Å². The van der Waals surface area contributed by atoms with Crippen LogP contribution in [0.2, 0.25) is 0 Å². The summed E-state index contributed by atoms with van der Waals surface area (Å²) < 4.78 is 11.7. The number of amides is 2. The first-order chi connectivity index (χ1) is 11.2. The molecule has 0 fully saturated rings. The summed E-state index contributed by atoms with van der Waals surface area (Å²) in [5, 5.41) is 0. The molecule has 2 rings (SSSR count). The predicted molar refractivity (Wildman–Crippen MR) is 95.5 cm³/mol. The Bertz CT molecular complexity index is 628. The summed E-state index contributed by atoms with van der Waals surface area (Å²) in [6.07, 6.45) is 0.289. The Labute approximate surface area is 150 Å². The number of nitrogens with zero attached hydrogens (tertiary/aromatic N) is 2. The topological polar surface area (TPSA) is 59.1 Å². The van der Waals surface area contributed by atoms with E-state index in [1.807, 2.05) is 39.0 Å². The van der Waals surface area contributed by atoms with E-state index >= 15 is 0 Å². The van der Waals surface area contributed by atoms with Crippen LogP contribution in [0, 0.1) is 0 Å². The van der Waals surface area contributed by atoms with Gasteiger partial charge in [0.25, 0.3) is 5.91 Å². The maximum atomic E-state index is 12.1. The monoisotopic (exact) mass is 398 g/mol. The van der Waals surface area contributed by atoms with Crippen LogP contribution in [-0.2, 0) is 9.53 Å². The highest BCUT2D eigenvalue weighted by molar-refractivity contribution is 9.10. The summed E-state index contributed by atoms with van der Waals surface area (Å²) >= 11 is 3.40. The van der Waals surface area contributed by atoms with Crippen LogP contribution in [0.3, 0.4) is 0 Å². The molecule has 1 aromatic carbocycles. The molecule has 0 spiro atoms. The highest BCUT2D eigenvalue weighted by atomic mass is 79.9. The lowest BCUT2D eigenvalue weighted by Crippen LogP contribution is -2.41. The second kappa shape index (κ2) is 7.42. The number of carbonyl (C=O) groups excluding carboxylic acids is 2. The molecule has 24 heavy (non-hydrogen) atoms. The van der Waals surface area contributed by atoms with Crippen LogP contribution in [0.25, 0.3) is 0 Å². The van der Waals surface area contributed by atoms with Crippen LogP contribution < -0.4 is 9.64 Å². The van der Waals surface area contributed by atoms with E-state index in [2.05, 4.69) is 15.9 Å². The zero-order chi connectivity index (χ0) is 17.9. The molecule has 7 heteroatoms. The van der Waals surface area contributed by atoms with Gasteiger partial charge in [0.05, 0.1) is 5.69 Å². The number of anilines is 1. The Morgan fingerprint density at radius 1 is 1.42 bits per heavy atom. The number of carbonyl (C=O) groups is 2. The van der Waals surface area contributed by atoms with E-state index in [4.69, 9.17) is 9.47 Å². The van der Waals surface area contributed by atoms with Gasteiger partial charge >= 0.3 is 6.09 Å². The maximum Gasteiger partial charge on any atom is 0.410 e. The number of ether oxygens (including phenoxy) is 2. The van der Waals surface area contributed by atoms with Gasteiger partial charge in [-0.05, 0) is 45.4 Å². The minimum absolute atomic E-state index is 0.0331. The molecule has 0 saturated heterocycles. The third-order valence-corrected chi connectivity index (χ3v) is 3.94. The van der Waals surface area contributed by atoms with Gasteiger partial charge < -0.3 is 19.3 Å². The summed E-state index contributed by atoms with van der Waals surface area (Å²) in [4.78, 5) is 27.3. The van der Waals surface area contributed by atoms with E-state index < -0.39 is 5.60 Å². The Balaban J connectivity index is 1.93. The van der Waals surface area contributed by atoms with E-state index in [1.54, 1.807) is 11.9 Å². The van der Waals surface area contributed by atoms with Gasteiger partial charge in [0.2, 0.25) is 0 Å². The lowest BCUT2D eigenvalue weighted by Gasteiger charge is -2.30. The molecule has 0 bridgehead atoms. The van der Waals surface area contributed by atoms with E-state index in [-0.39, 0.29) is 18.6 Å². The van der Waals surface area contributed by atoms with Crippen LogP contribution >= 0.6 is 15.9 Å². The van der Waals surface area contributed by atoms with E-state index in [0.29, 0.717) is 25.3 Å². The number of hydrogen-bond donors (Lipinski definition) is 0. The number of rotatable bonds is 4. The highest BCUT2D eigenvalue weighted by Crippen LogP contribution is 2.34. The zero-order valence-electron chi connectivity index (χ0n) is 14.5. The van der Waals surface area contributed by atoms with E-state index in [9.17, 15) is 9.59 Å². The van der Waals surface area contributed by atoms with Gasteiger partial charge in [-0.2, -0.15) is 0 Å². The SMILES string of the molecule is CN(CCCN1C(=O)COc2cc(Br)ccc21)C(=O)OC(C)(C)C. The molecular weight excluding hydrogens is 376 g/mol. The van der Waals surface area contributed by atoms with E-state index in [0.717, 1.165) is 10.2 Å². The van der Waals surface area contributed by atoms with Crippen molar-refractivity contribution < 1.29 is 19.1 Å². The number of halogens is 1. The van der Waals surface area contributed by atoms with Gasteiger partial charge in [0, 0.05) is 24.6 Å². The number of fused-ring (bicyclic) bond motifs is 1. The second-order valence-electron chi connectivity index (χ2n) is 6.70. The van der Waals surface area contributed by atoms with Crippen LogP contribution in [0.4, 0.5) is 10.5 Å². The summed E-state index contributed by atoms with van der Waals surface area (Å²) in [5.41, 5.74) is 0.243. The molecule has 0 saturated carbocycles. The Kier molecular flexibility index (Phi) is 5.74. The van der Waals surface area contributed by atoms with Gasteiger partial charge in [0.1, 0.15) is 11.4 Å². The summed E-state index contributed by atoms with van der Waals surface area (Å²) in [6, 6.07) is 5.58. The fourth-order valence-electron chi connectivity index (χ4n) is 2.32. The molecule has 6 nitrogen and oxygen atoms in total. The smallest absolute Gasteiger partial charge is 0.410 e. The van der Waals surface area contributed by atoms with Crippen molar-refractivity contribution in [1.29, 1.82) is 0 Å². The van der Waals surface area contributed by atoms with Gasteiger partial charge in [-0.15, -0.1) is 0 Å². The largest absolute Gasteiger partial charge is 0.482 e. The van der Waals surface area contributed by atoms with Gasteiger partial charge in [-0.25, -0.2) is 4.79 Å². The fourth-order valence-corrected chi connectivity index (χ4v) is 2.66. The van der Waals surface area contributed by atoms with Gasteiger partial charge in [-0.1, -0.05) is 15.9 Å². The van der Waals surface area contributed by atoms with Crippen molar-refractivity contribution in [2.24, 2.45) is 0 Å². The quantitative estimate of drug-likeness (QED) is 0.779. The molecular formula is C17H23BrN2O4. The molecule has 1 heterocycles. The zero-order valence-corrected chi connectivity index (χ0v) is 16.1. The number of benzene rings is 1. The molecule has 0 unspecified atom stereocenters. The first-order valence-electron chi connectivity index (χ1n) is 7.84. The molecule has 0 atom stereocenters. The van der Waals surface area contributed by atoms with Crippen molar-refractivity contribution in [3.63, 3.8) is 0 Å². The van der Waals surface area contributed by atoms with Crippen molar-refractivity contribution in [1.82, 2.24) is 4.90 Å². The van der Waals surface area contributed by atoms with Crippen molar-refractivity contribution >= 4 is 33.6 Å². The second-order valence-corrected chi connectivity index (χ2v) is 7.62. The molecule has 132 valence electrons. The summed E-state index contributed by atoms with van der Waals surface area (Å²) in [5.74, 6) is 0.606. The van der Waals surface area contributed by atoms with Gasteiger partial charge in [0.15, 0.2) is 6.61 Å². The third-order valence-electron chi connectivity index (χ3n) is 3.45. The molecule has 1 aromatic rings. The third kappa shape index (κ3) is 4.87. The molecule has 0 aliphatic carbocycles. The Morgan fingerprint density at radius 3 is 2.79 bits per heavy atom. The van der Waals surface area contributed by atoms with Crippen LogP contribution in [0.15, 0.2) is 22.7 Å². The normalized spacial score (nSPS) is 14.0. The minimum atomic E-state index is -0.516. The average Bonchev–Trinajstić information content (AvgIpc) is 2.47. The molecule has 0 N–H and O–H groups in total. The Morgan fingerprint density at radius 2 is 2.12 bits per heavy atom. The van der Waals surface area contributed by atoms with Gasteiger partial charge in [-0.3, -0.25) is 4.79 Å². The molecule has 0 aromatic heterocycles. The molecule has 1 aliphatic heterocycles. The molecule has 1 aliphatic rings. The molecule has 0 radical (unpaired) electrons. The van der Waals surface area contributed by atoms with E-state index in [1.165, 1.54) is 4.90 Å². The summed E-state index contributed by atoms with van der Waals surface area (Å²) in [6.45, 7) is 6.56. The first kappa shape index (κ1) is 18.6. The van der Waals surface area contributed by atoms with Crippen LogP contribution in [-0.4, -0.2) is 49.2 Å². The van der Waals surface area contributed by atoms with Crippen LogP contribution in [0.5, 0.6) is 5.75 Å². The number of hydrogen-bond acceptors (Lipinski definition) is 4. The highest BCUT2D eigenvalue weighted by Gasteiger charge is 2.26. The summed E-state index contributed by atoms with van der Waals surface area (Å²) in [7, 11) is 1.69. The van der Waals surface area contributed by atoms with Crippen molar-refractivity contribution in [2.45, 2.75) is 32.8 Å². The first-order valence-corrected chi connectivity index (χ1v) is 8.63. The standard InChI is InChI=1S/C17H23BrN2O4/c1-17(2,3)24-16(22)19(4)8-5-9-20-13-7-6-12(18)10-14(13)23-11-15(20)21/h6-7,10H,5,8-9,11H2,1-4H3. The Hall–Kier alpha value is -1.76. The lowest BCUT2D eigenvalue weighted by molar-refractivity contribution is -0.121. The minimum Gasteiger partial charge on any atom is -0.482 e.